The average molecular weight is 402 g/mol. The number of halogens is 1. The van der Waals surface area contributed by atoms with Crippen LogP contribution in [0.2, 0.25) is 5.02 Å². The summed E-state index contributed by atoms with van der Waals surface area (Å²) in [5.74, 6) is 0.315. The molecule has 9 nitrogen and oxygen atoms in total. The van der Waals surface area contributed by atoms with Gasteiger partial charge in [-0.25, -0.2) is 0 Å². The number of carbonyl (C=O) groups is 1. The summed E-state index contributed by atoms with van der Waals surface area (Å²) in [6.07, 6.45) is 4.82. The number of hydrogen-bond acceptors (Lipinski definition) is 6. The first kappa shape index (κ1) is 19.3. The predicted octanol–water partition coefficient (Wildman–Crippen LogP) is 3.97. The maximum Gasteiger partial charge on any atom is 0.275 e. The van der Waals surface area contributed by atoms with Crippen LogP contribution in [0, 0.1) is 17.0 Å². The smallest absolute Gasteiger partial charge is 0.275 e. The molecule has 0 aliphatic carbocycles. The van der Waals surface area contributed by atoms with Gasteiger partial charge in [-0.15, -0.1) is 0 Å². The molecular weight excluding hydrogens is 386 g/mol. The highest BCUT2D eigenvalue weighted by atomic mass is 35.5. The quantitative estimate of drug-likeness (QED) is 0.473. The van der Waals surface area contributed by atoms with Gasteiger partial charge >= 0.3 is 0 Å². The van der Waals surface area contributed by atoms with E-state index >= 15 is 0 Å². The summed E-state index contributed by atoms with van der Waals surface area (Å²) in [7, 11) is 0. The van der Waals surface area contributed by atoms with Gasteiger partial charge in [-0.1, -0.05) is 11.6 Å². The minimum absolute atomic E-state index is 0.124. The summed E-state index contributed by atoms with van der Waals surface area (Å²) in [4.78, 5) is 26.8. The van der Waals surface area contributed by atoms with Gasteiger partial charge < -0.3 is 10.1 Å². The van der Waals surface area contributed by atoms with Crippen LogP contribution in [0.1, 0.15) is 12.1 Å². The van der Waals surface area contributed by atoms with Crippen molar-refractivity contribution in [2.45, 2.75) is 19.9 Å². The molecule has 0 saturated heterocycles. The van der Waals surface area contributed by atoms with Crippen LogP contribution in [0.25, 0.3) is 0 Å². The number of benzene rings is 1. The van der Waals surface area contributed by atoms with Crippen molar-refractivity contribution in [3.05, 3.63) is 69.8 Å². The summed E-state index contributed by atoms with van der Waals surface area (Å²) < 4.78 is 7.16. The van der Waals surface area contributed by atoms with Crippen LogP contribution in [-0.4, -0.2) is 25.6 Å². The highest BCUT2D eigenvalue weighted by Crippen LogP contribution is 2.29. The number of aryl methyl sites for hydroxylation is 2. The van der Waals surface area contributed by atoms with E-state index in [9.17, 15) is 14.9 Å². The lowest BCUT2D eigenvalue weighted by Gasteiger charge is -2.09. The Hall–Kier alpha value is -3.46. The monoisotopic (exact) mass is 401 g/mol. The molecule has 0 unspecified atom stereocenters. The van der Waals surface area contributed by atoms with Crippen LogP contribution >= 0.6 is 11.6 Å². The number of nitro groups is 1. The molecule has 0 atom stereocenters. The molecule has 2 heterocycles. The van der Waals surface area contributed by atoms with Gasteiger partial charge in [0, 0.05) is 37.5 Å². The lowest BCUT2D eigenvalue weighted by atomic mass is 10.2. The third kappa shape index (κ3) is 5.04. The van der Waals surface area contributed by atoms with Crippen LogP contribution in [-0.2, 0) is 11.3 Å². The molecule has 10 heteroatoms. The molecule has 0 aliphatic heterocycles. The van der Waals surface area contributed by atoms with E-state index in [2.05, 4.69) is 15.4 Å². The number of pyridine rings is 1. The Morgan fingerprint density at radius 3 is 2.82 bits per heavy atom. The van der Waals surface area contributed by atoms with Gasteiger partial charge in [0.25, 0.3) is 5.69 Å². The number of carbonyl (C=O) groups excluding carboxylic acids is 1. The predicted molar refractivity (Wildman–Crippen MR) is 103 cm³/mol. The molecule has 1 N–H and O–H groups in total. The fourth-order valence-electron chi connectivity index (χ4n) is 2.41. The first-order valence-corrected chi connectivity index (χ1v) is 8.65. The molecule has 0 bridgehead atoms. The zero-order valence-electron chi connectivity index (χ0n) is 14.8. The van der Waals surface area contributed by atoms with Crippen LogP contribution in [0.5, 0.6) is 11.5 Å². The van der Waals surface area contributed by atoms with E-state index in [4.69, 9.17) is 16.3 Å². The van der Waals surface area contributed by atoms with Crippen molar-refractivity contribution in [1.29, 1.82) is 0 Å². The van der Waals surface area contributed by atoms with E-state index in [1.54, 1.807) is 36.1 Å². The second kappa shape index (κ2) is 8.49. The highest BCUT2D eigenvalue weighted by molar-refractivity contribution is 6.31. The van der Waals surface area contributed by atoms with Crippen LogP contribution in [0.15, 0.2) is 48.9 Å². The lowest BCUT2D eigenvalue weighted by Crippen LogP contribution is -2.15. The number of nitrogens with one attached hydrogen (secondary N) is 1. The van der Waals surface area contributed by atoms with E-state index in [1.165, 1.54) is 24.4 Å². The number of non-ortho nitro benzene ring substituents is 1. The van der Waals surface area contributed by atoms with Crippen molar-refractivity contribution in [1.82, 2.24) is 14.8 Å². The first-order chi connectivity index (χ1) is 13.4. The van der Waals surface area contributed by atoms with E-state index in [0.717, 1.165) is 0 Å². The molecular formula is C18H16ClN5O4. The largest absolute Gasteiger partial charge is 0.455 e. The molecule has 3 rings (SSSR count). The molecule has 144 valence electrons. The van der Waals surface area contributed by atoms with Crippen molar-refractivity contribution in [2.75, 3.05) is 5.32 Å². The van der Waals surface area contributed by atoms with Crippen LogP contribution in [0.4, 0.5) is 11.4 Å². The Morgan fingerprint density at radius 2 is 2.18 bits per heavy atom. The van der Waals surface area contributed by atoms with Gasteiger partial charge in [0.1, 0.15) is 11.5 Å². The van der Waals surface area contributed by atoms with Crippen molar-refractivity contribution in [2.24, 2.45) is 0 Å². The summed E-state index contributed by atoms with van der Waals surface area (Å²) >= 11 is 5.94. The number of anilines is 1. The molecule has 1 aromatic carbocycles. The third-order valence-electron chi connectivity index (χ3n) is 3.71. The third-order valence-corrected chi connectivity index (χ3v) is 4.08. The Bertz CT molecular complexity index is 987. The van der Waals surface area contributed by atoms with E-state index in [1.807, 2.05) is 0 Å². The van der Waals surface area contributed by atoms with Gasteiger partial charge in [0.15, 0.2) is 0 Å². The Labute approximate surface area is 165 Å². The van der Waals surface area contributed by atoms with Gasteiger partial charge in [-0.05, 0) is 19.1 Å². The van der Waals surface area contributed by atoms with E-state index in [-0.39, 0.29) is 29.5 Å². The number of amides is 1. The first-order valence-electron chi connectivity index (χ1n) is 8.27. The summed E-state index contributed by atoms with van der Waals surface area (Å²) in [6.45, 7) is 2.10. The number of nitrogens with zero attached hydrogens (tertiary/aromatic N) is 4. The second-order valence-electron chi connectivity index (χ2n) is 5.89. The average Bonchev–Trinajstić information content (AvgIpc) is 2.98. The van der Waals surface area contributed by atoms with Crippen molar-refractivity contribution in [3.63, 3.8) is 0 Å². The fraction of sp³-hybridized carbons (Fsp3) is 0.167. The number of nitro benzene ring substituents is 1. The fourth-order valence-corrected chi connectivity index (χ4v) is 2.56. The SMILES string of the molecule is Cc1nn(CCC(=O)Nc2cc(Oc3cccnc3)cc([N+](=O)[O-])c2)cc1Cl. The Kier molecular flexibility index (Phi) is 5.85. The minimum Gasteiger partial charge on any atom is -0.455 e. The van der Waals surface area contributed by atoms with Crippen LogP contribution in [0.3, 0.4) is 0 Å². The zero-order chi connectivity index (χ0) is 20.1. The molecule has 1 amide bonds. The second-order valence-corrected chi connectivity index (χ2v) is 6.29. The summed E-state index contributed by atoms with van der Waals surface area (Å²) in [5.41, 5.74) is 0.733. The molecule has 0 saturated carbocycles. The van der Waals surface area contributed by atoms with E-state index < -0.39 is 4.92 Å². The summed E-state index contributed by atoms with van der Waals surface area (Å²) in [6, 6.07) is 7.40. The van der Waals surface area contributed by atoms with Gasteiger partial charge in [0.2, 0.25) is 5.91 Å². The van der Waals surface area contributed by atoms with Gasteiger partial charge in [-0.2, -0.15) is 5.10 Å². The highest BCUT2D eigenvalue weighted by Gasteiger charge is 2.13. The minimum atomic E-state index is -0.555. The Balaban J connectivity index is 1.71. The maximum absolute atomic E-state index is 12.2. The number of rotatable bonds is 7. The number of hydrogen-bond donors (Lipinski definition) is 1. The van der Waals surface area contributed by atoms with Crippen LogP contribution < -0.4 is 10.1 Å². The normalized spacial score (nSPS) is 10.5. The topological polar surface area (TPSA) is 112 Å². The lowest BCUT2D eigenvalue weighted by molar-refractivity contribution is -0.384. The number of aromatic nitrogens is 3. The molecule has 0 spiro atoms. The molecule has 2 aromatic heterocycles. The van der Waals surface area contributed by atoms with Gasteiger partial charge in [0.05, 0.1) is 33.6 Å². The molecule has 0 radical (unpaired) electrons. The molecule has 0 fully saturated rings. The van der Waals surface area contributed by atoms with Gasteiger partial charge in [-0.3, -0.25) is 24.6 Å². The maximum atomic E-state index is 12.2. The van der Waals surface area contributed by atoms with Crippen molar-refractivity contribution in [3.8, 4) is 11.5 Å². The van der Waals surface area contributed by atoms with E-state index in [0.29, 0.717) is 23.0 Å². The summed E-state index contributed by atoms with van der Waals surface area (Å²) in [5, 5.41) is 18.5. The van der Waals surface area contributed by atoms with Crippen molar-refractivity contribution >= 4 is 28.9 Å². The Morgan fingerprint density at radius 1 is 1.36 bits per heavy atom. The van der Waals surface area contributed by atoms with Crippen molar-refractivity contribution < 1.29 is 14.5 Å². The molecule has 3 aromatic rings. The molecule has 0 aliphatic rings. The standard InChI is InChI=1S/C18H16ClN5O4/c1-12-17(19)11-23(22-12)6-4-18(25)21-13-7-14(24(26)27)9-16(8-13)28-15-3-2-5-20-10-15/h2-3,5,7-11H,4,6H2,1H3,(H,21,25). The molecule has 28 heavy (non-hydrogen) atoms. The number of ether oxygens (including phenoxy) is 1. The zero-order valence-corrected chi connectivity index (χ0v) is 15.6.